The molecule has 2 aliphatic rings. The summed E-state index contributed by atoms with van der Waals surface area (Å²) in [6.07, 6.45) is 3.77. The first-order chi connectivity index (χ1) is 13.3. The molecular weight excluding hydrogens is 340 g/mol. The topological polar surface area (TPSA) is 42.0 Å². The van der Waals surface area contributed by atoms with Gasteiger partial charge in [0.25, 0.3) is 5.91 Å². The summed E-state index contributed by atoms with van der Waals surface area (Å²) in [7, 11) is 0. The van der Waals surface area contributed by atoms with Crippen LogP contribution >= 0.6 is 0 Å². The Hall–Kier alpha value is -2.79. The van der Waals surface area contributed by atoms with Crippen LogP contribution < -0.4 is 9.47 Å². The molecule has 4 rings (SSSR count). The van der Waals surface area contributed by atoms with Crippen molar-refractivity contribution in [1.82, 2.24) is 9.80 Å². The predicted octanol–water partition coefficient (Wildman–Crippen LogP) is 2.68. The molecule has 27 heavy (non-hydrogen) atoms. The van der Waals surface area contributed by atoms with Crippen molar-refractivity contribution < 1.29 is 14.3 Å². The van der Waals surface area contributed by atoms with E-state index in [2.05, 4.69) is 29.2 Å². The van der Waals surface area contributed by atoms with Crippen LogP contribution in [0.4, 0.5) is 0 Å². The van der Waals surface area contributed by atoms with Crippen LogP contribution in [-0.4, -0.2) is 61.1 Å². The van der Waals surface area contributed by atoms with Crippen molar-refractivity contribution in [3.05, 3.63) is 66.2 Å². The van der Waals surface area contributed by atoms with Crippen molar-refractivity contribution in [3.8, 4) is 11.5 Å². The van der Waals surface area contributed by atoms with Crippen LogP contribution in [0.5, 0.6) is 11.5 Å². The minimum Gasteiger partial charge on any atom is -0.485 e. The van der Waals surface area contributed by atoms with Gasteiger partial charge in [0.05, 0.1) is 0 Å². The molecule has 5 heteroatoms. The monoisotopic (exact) mass is 364 g/mol. The first-order valence-electron chi connectivity index (χ1n) is 9.41. The average molecular weight is 364 g/mol. The summed E-state index contributed by atoms with van der Waals surface area (Å²) < 4.78 is 11.5. The van der Waals surface area contributed by atoms with Crippen LogP contribution in [0.15, 0.2) is 60.7 Å². The summed E-state index contributed by atoms with van der Waals surface area (Å²) in [6.45, 7) is 4.35. The van der Waals surface area contributed by atoms with Crippen LogP contribution in [0.1, 0.15) is 5.56 Å². The van der Waals surface area contributed by atoms with Gasteiger partial charge in [0.15, 0.2) is 11.5 Å². The number of para-hydroxylation sites is 2. The highest BCUT2D eigenvalue weighted by molar-refractivity contribution is 5.82. The zero-order valence-corrected chi connectivity index (χ0v) is 15.3. The Kier molecular flexibility index (Phi) is 5.39. The Bertz CT molecular complexity index is 798. The van der Waals surface area contributed by atoms with Crippen molar-refractivity contribution >= 4 is 12.0 Å². The number of fused-ring (bicyclic) bond motifs is 1. The van der Waals surface area contributed by atoms with E-state index in [-0.39, 0.29) is 12.5 Å². The molecule has 0 spiro atoms. The summed E-state index contributed by atoms with van der Waals surface area (Å²) in [6, 6.07) is 17.8. The molecule has 1 fully saturated rings. The summed E-state index contributed by atoms with van der Waals surface area (Å²) in [5, 5.41) is 0. The number of carbonyl (C=O) groups is 1. The van der Waals surface area contributed by atoms with Gasteiger partial charge in [0, 0.05) is 32.7 Å². The largest absolute Gasteiger partial charge is 0.485 e. The lowest BCUT2D eigenvalue weighted by atomic mass is 10.2. The third-order valence-electron chi connectivity index (χ3n) is 4.94. The van der Waals surface area contributed by atoms with E-state index in [1.54, 1.807) is 0 Å². The summed E-state index contributed by atoms with van der Waals surface area (Å²) >= 11 is 0. The van der Waals surface area contributed by atoms with E-state index in [0.29, 0.717) is 11.5 Å². The van der Waals surface area contributed by atoms with E-state index >= 15 is 0 Å². The zero-order valence-electron chi connectivity index (χ0n) is 15.3. The van der Waals surface area contributed by atoms with E-state index in [1.165, 1.54) is 5.56 Å². The highest BCUT2D eigenvalue weighted by Gasteiger charge is 2.32. The van der Waals surface area contributed by atoms with Crippen LogP contribution in [0.2, 0.25) is 0 Å². The van der Waals surface area contributed by atoms with Gasteiger partial charge in [-0.3, -0.25) is 9.69 Å². The Balaban J connectivity index is 1.25. The second-order valence-electron chi connectivity index (χ2n) is 6.80. The first-order valence-corrected chi connectivity index (χ1v) is 9.41. The zero-order chi connectivity index (χ0) is 18.5. The smallest absolute Gasteiger partial charge is 0.267 e. The van der Waals surface area contributed by atoms with Crippen LogP contribution in [-0.2, 0) is 4.79 Å². The lowest BCUT2D eigenvalue weighted by molar-refractivity contribution is -0.142. The molecule has 2 aromatic rings. The molecule has 1 unspecified atom stereocenters. The van der Waals surface area contributed by atoms with Gasteiger partial charge in [-0.15, -0.1) is 0 Å². The van der Waals surface area contributed by atoms with Crippen molar-refractivity contribution in [2.45, 2.75) is 6.10 Å². The molecule has 0 bridgehead atoms. The van der Waals surface area contributed by atoms with Gasteiger partial charge in [0.2, 0.25) is 6.10 Å². The molecule has 140 valence electrons. The van der Waals surface area contributed by atoms with Crippen molar-refractivity contribution in [2.75, 3.05) is 39.3 Å². The van der Waals surface area contributed by atoms with Gasteiger partial charge < -0.3 is 14.4 Å². The van der Waals surface area contributed by atoms with Crippen molar-refractivity contribution in [1.29, 1.82) is 0 Å². The van der Waals surface area contributed by atoms with Gasteiger partial charge in [0.1, 0.15) is 6.61 Å². The maximum Gasteiger partial charge on any atom is 0.267 e. The Morgan fingerprint density at radius 2 is 1.67 bits per heavy atom. The van der Waals surface area contributed by atoms with Gasteiger partial charge in [-0.05, 0) is 17.7 Å². The summed E-state index contributed by atoms with van der Waals surface area (Å²) in [5.41, 5.74) is 1.21. The minimum atomic E-state index is -0.551. The third-order valence-corrected chi connectivity index (χ3v) is 4.94. The molecule has 0 aromatic heterocycles. The number of carbonyl (C=O) groups excluding carboxylic acids is 1. The van der Waals surface area contributed by atoms with Crippen LogP contribution in [0, 0.1) is 0 Å². The predicted molar refractivity (Wildman–Crippen MR) is 105 cm³/mol. The van der Waals surface area contributed by atoms with Crippen LogP contribution in [0.3, 0.4) is 0 Å². The molecule has 0 aliphatic carbocycles. The van der Waals surface area contributed by atoms with E-state index in [4.69, 9.17) is 9.47 Å². The number of benzene rings is 2. The standard InChI is InChI=1S/C22H24N2O3/c25-22(21-17-26-19-10-4-5-11-20(19)27-21)24-15-13-23(14-16-24)12-6-9-18-7-2-1-3-8-18/h1-11,21H,12-17H2. The lowest BCUT2D eigenvalue weighted by Crippen LogP contribution is -2.54. The molecule has 0 N–H and O–H groups in total. The summed E-state index contributed by atoms with van der Waals surface area (Å²) in [4.78, 5) is 17.0. The van der Waals surface area contributed by atoms with E-state index in [1.807, 2.05) is 47.4 Å². The number of rotatable bonds is 4. The summed E-state index contributed by atoms with van der Waals surface area (Å²) in [5.74, 6) is 1.37. The third kappa shape index (κ3) is 4.31. The molecule has 2 aromatic carbocycles. The molecule has 1 saturated heterocycles. The normalized spacial score (nSPS) is 20.0. The second kappa shape index (κ2) is 8.27. The Labute approximate surface area is 159 Å². The molecular formula is C22H24N2O3. The lowest BCUT2D eigenvalue weighted by Gasteiger charge is -2.36. The molecule has 5 nitrogen and oxygen atoms in total. The highest BCUT2D eigenvalue weighted by Crippen LogP contribution is 2.31. The SMILES string of the molecule is O=C(C1COc2ccccc2O1)N1CCN(CC=Cc2ccccc2)CC1. The maximum atomic E-state index is 12.8. The molecule has 2 heterocycles. The Morgan fingerprint density at radius 3 is 2.44 bits per heavy atom. The van der Waals surface area contributed by atoms with Crippen molar-refractivity contribution in [3.63, 3.8) is 0 Å². The molecule has 1 atom stereocenters. The first kappa shape index (κ1) is 17.6. The number of amides is 1. The minimum absolute atomic E-state index is 0.0176. The van der Waals surface area contributed by atoms with Gasteiger partial charge in [-0.1, -0.05) is 54.6 Å². The number of nitrogens with zero attached hydrogens (tertiary/aromatic N) is 2. The van der Waals surface area contributed by atoms with E-state index in [9.17, 15) is 4.79 Å². The fourth-order valence-corrected chi connectivity index (χ4v) is 3.40. The second-order valence-corrected chi connectivity index (χ2v) is 6.80. The molecule has 0 saturated carbocycles. The number of hydrogen-bond acceptors (Lipinski definition) is 4. The number of hydrogen-bond donors (Lipinski definition) is 0. The number of piperazine rings is 1. The highest BCUT2D eigenvalue weighted by atomic mass is 16.6. The van der Waals surface area contributed by atoms with Gasteiger partial charge >= 0.3 is 0 Å². The van der Waals surface area contributed by atoms with E-state index in [0.717, 1.165) is 32.7 Å². The van der Waals surface area contributed by atoms with Crippen molar-refractivity contribution in [2.24, 2.45) is 0 Å². The van der Waals surface area contributed by atoms with Gasteiger partial charge in [-0.2, -0.15) is 0 Å². The molecule has 1 amide bonds. The maximum absolute atomic E-state index is 12.8. The fraction of sp³-hybridized carbons (Fsp3) is 0.318. The number of ether oxygens (including phenoxy) is 2. The fourth-order valence-electron chi connectivity index (χ4n) is 3.40. The Morgan fingerprint density at radius 1 is 0.963 bits per heavy atom. The molecule has 2 aliphatic heterocycles. The molecule has 0 radical (unpaired) electrons. The van der Waals surface area contributed by atoms with Gasteiger partial charge in [-0.25, -0.2) is 0 Å². The van der Waals surface area contributed by atoms with E-state index < -0.39 is 6.10 Å². The van der Waals surface area contributed by atoms with Crippen LogP contribution in [0.25, 0.3) is 6.08 Å². The quantitative estimate of drug-likeness (QED) is 0.837. The average Bonchev–Trinajstić information content (AvgIpc) is 2.74.